The molecule has 1 saturated heterocycles. The third kappa shape index (κ3) is 2.93. The number of nitrogens with zero attached hydrogens (tertiary/aromatic N) is 2. The van der Waals surface area contributed by atoms with E-state index in [1.54, 1.807) is 20.2 Å². The van der Waals surface area contributed by atoms with Crippen LogP contribution in [0, 0.1) is 11.7 Å². The SMILES string of the molecule is CN1CC(C(=O)N(C)Cc2c(F)cccc2Cl)CC1=O. The monoisotopic (exact) mass is 298 g/mol. The Morgan fingerprint density at radius 1 is 1.55 bits per heavy atom. The fraction of sp³-hybridized carbons (Fsp3) is 0.429. The molecule has 1 unspecified atom stereocenters. The van der Waals surface area contributed by atoms with E-state index in [-0.39, 0.29) is 30.7 Å². The summed E-state index contributed by atoms with van der Waals surface area (Å²) in [6, 6.07) is 4.42. The molecule has 20 heavy (non-hydrogen) atoms. The second-order valence-corrected chi connectivity index (χ2v) is 5.48. The Balaban J connectivity index is 2.07. The Labute approximate surface area is 122 Å². The lowest BCUT2D eigenvalue weighted by Gasteiger charge is -2.21. The van der Waals surface area contributed by atoms with E-state index in [1.807, 2.05) is 0 Å². The van der Waals surface area contributed by atoms with Gasteiger partial charge in [0.25, 0.3) is 0 Å². The predicted molar refractivity (Wildman–Crippen MR) is 73.6 cm³/mol. The largest absolute Gasteiger partial charge is 0.345 e. The fourth-order valence-electron chi connectivity index (χ4n) is 2.34. The normalized spacial score (nSPS) is 18.5. The van der Waals surface area contributed by atoms with Gasteiger partial charge in [-0.05, 0) is 12.1 Å². The van der Waals surface area contributed by atoms with Gasteiger partial charge in [-0.2, -0.15) is 0 Å². The Bertz CT molecular complexity index is 530. The first kappa shape index (κ1) is 14.8. The van der Waals surface area contributed by atoms with Crippen LogP contribution in [0.4, 0.5) is 4.39 Å². The van der Waals surface area contributed by atoms with Crippen LogP contribution in [0.15, 0.2) is 18.2 Å². The van der Waals surface area contributed by atoms with Crippen molar-refractivity contribution in [2.45, 2.75) is 13.0 Å². The smallest absolute Gasteiger partial charge is 0.228 e. The van der Waals surface area contributed by atoms with E-state index in [0.717, 1.165) is 0 Å². The van der Waals surface area contributed by atoms with Gasteiger partial charge in [0.2, 0.25) is 11.8 Å². The van der Waals surface area contributed by atoms with E-state index in [0.29, 0.717) is 17.1 Å². The Morgan fingerprint density at radius 2 is 2.25 bits per heavy atom. The van der Waals surface area contributed by atoms with Crippen LogP contribution in [0.25, 0.3) is 0 Å². The highest BCUT2D eigenvalue weighted by molar-refractivity contribution is 6.31. The van der Waals surface area contributed by atoms with Crippen LogP contribution in [0.1, 0.15) is 12.0 Å². The highest BCUT2D eigenvalue weighted by atomic mass is 35.5. The van der Waals surface area contributed by atoms with Crippen molar-refractivity contribution in [2.75, 3.05) is 20.6 Å². The van der Waals surface area contributed by atoms with Gasteiger partial charge in [0.1, 0.15) is 5.82 Å². The molecule has 2 amide bonds. The minimum Gasteiger partial charge on any atom is -0.345 e. The quantitative estimate of drug-likeness (QED) is 0.855. The number of rotatable bonds is 3. The Hall–Kier alpha value is -1.62. The van der Waals surface area contributed by atoms with E-state index in [4.69, 9.17) is 11.6 Å². The number of carbonyl (C=O) groups excluding carboxylic acids is 2. The molecule has 0 spiro atoms. The molecule has 0 aromatic heterocycles. The molecule has 1 aromatic rings. The van der Waals surface area contributed by atoms with Gasteiger partial charge in [-0.25, -0.2) is 4.39 Å². The minimum absolute atomic E-state index is 0.0410. The van der Waals surface area contributed by atoms with Crippen LogP contribution in [0.5, 0.6) is 0 Å². The maximum absolute atomic E-state index is 13.7. The number of hydrogen-bond donors (Lipinski definition) is 0. The highest BCUT2D eigenvalue weighted by Crippen LogP contribution is 2.23. The molecule has 1 aromatic carbocycles. The summed E-state index contributed by atoms with van der Waals surface area (Å²) in [7, 11) is 3.26. The third-order valence-electron chi connectivity index (χ3n) is 3.52. The van der Waals surface area contributed by atoms with E-state index < -0.39 is 5.82 Å². The zero-order valence-electron chi connectivity index (χ0n) is 11.4. The summed E-state index contributed by atoms with van der Waals surface area (Å²) in [6.07, 6.45) is 0.213. The third-order valence-corrected chi connectivity index (χ3v) is 3.88. The molecule has 0 bridgehead atoms. The summed E-state index contributed by atoms with van der Waals surface area (Å²) in [5, 5.41) is 0.296. The van der Waals surface area contributed by atoms with Gasteiger partial charge >= 0.3 is 0 Å². The summed E-state index contributed by atoms with van der Waals surface area (Å²) < 4.78 is 13.7. The molecule has 1 aliphatic rings. The molecule has 6 heteroatoms. The molecule has 2 rings (SSSR count). The van der Waals surface area contributed by atoms with Crippen LogP contribution in [0.2, 0.25) is 5.02 Å². The number of likely N-dealkylation sites (tertiary alicyclic amines) is 1. The lowest BCUT2D eigenvalue weighted by molar-refractivity contribution is -0.135. The van der Waals surface area contributed by atoms with Gasteiger partial charge in [0.05, 0.1) is 5.92 Å². The lowest BCUT2D eigenvalue weighted by Crippen LogP contribution is -2.34. The molecule has 1 heterocycles. The zero-order chi connectivity index (χ0) is 14.9. The molecule has 1 atom stereocenters. The Kier molecular flexibility index (Phi) is 4.28. The van der Waals surface area contributed by atoms with Gasteiger partial charge in [-0.15, -0.1) is 0 Å². The predicted octanol–water partition coefficient (Wildman–Crippen LogP) is 1.92. The molecule has 0 saturated carbocycles. The summed E-state index contributed by atoms with van der Waals surface area (Å²) >= 11 is 5.94. The van der Waals surface area contributed by atoms with Crippen molar-refractivity contribution < 1.29 is 14.0 Å². The van der Waals surface area contributed by atoms with Gasteiger partial charge in [-0.1, -0.05) is 17.7 Å². The molecule has 0 aliphatic carbocycles. The van der Waals surface area contributed by atoms with Crippen molar-refractivity contribution in [3.8, 4) is 0 Å². The average molecular weight is 299 g/mol. The van der Waals surface area contributed by atoms with Crippen molar-refractivity contribution in [3.63, 3.8) is 0 Å². The molecule has 0 N–H and O–H groups in total. The number of halogens is 2. The Morgan fingerprint density at radius 3 is 2.80 bits per heavy atom. The van der Waals surface area contributed by atoms with E-state index in [9.17, 15) is 14.0 Å². The maximum Gasteiger partial charge on any atom is 0.228 e. The number of carbonyl (C=O) groups is 2. The molecular formula is C14H16ClFN2O2. The molecule has 108 valence electrons. The minimum atomic E-state index is -0.434. The van der Waals surface area contributed by atoms with Crippen molar-refractivity contribution in [3.05, 3.63) is 34.6 Å². The summed E-state index contributed by atoms with van der Waals surface area (Å²) in [4.78, 5) is 26.6. The van der Waals surface area contributed by atoms with Crippen molar-refractivity contribution in [2.24, 2.45) is 5.92 Å². The lowest BCUT2D eigenvalue weighted by atomic mass is 10.1. The van der Waals surface area contributed by atoms with E-state index in [2.05, 4.69) is 0 Å². The van der Waals surface area contributed by atoms with E-state index in [1.165, 1.54) is 21.9 Å². The summed E-state index contributed by atoms with van der Waals surface area (Å²) in [6.45, 7) is 0.506. The molecule has 0 radical (unpaired) electrons. The maximum atomic E-state index is 13.7. The number of hydrogen-bond acceptors (Lipinski definition) is 2. The number of amides is 2. The summed E-state index contributed by atoms with van der Waals surface area (Å²) in [5.41, 5.74) is 0.294. The molecular weight excluding hydrogens is 283 g/mol. The first-order chi connectivity index (χ1) is 9.40. The first-order valence-corrected chi connectivity index (χ1v) is 6.69. The van der Waals surface area contributed by atoms with Gasteiger partial charge in [0, 0.05) is 44.2 Å². The van der Waals surface area contributed by atoms with Crippen LogP contribution >= 0.6 is 11.6 Å². The zero-order valence-corrected chi connectivity index (χ0v) is 12.2. The van der Waals surface area contributed by atoms with Gasteiger partial charge in [0.15, 0.2) is 0 Å². The van der Waals surface area contributed by atoms with Crippen molar-refractivity contribution in [1.29, 1.82) is 0 Å². The topological polar surface area (TPSA) is 40.6 Å². The second kappa shape index (κ2) is 5.79. The molecule has 4 nitrogen and oxygen atoms in total. The standard InChI is InChI=1S/C14H16ClFN2O2/c1-17-7-9(6-13(17)19)14(20)18(2)8-10-11(15)4-3-5-12(10)16/h3-5,9H,6-8H2,1-2H3. The second-order valence-electron chi connectivity index (χ2n) is 5.07. The summed E-state index contributed by atoms with van der Waals surface area (Å²) in [5.74, 6) is -0.998. The number of benzene rings is 1. The van der Waals surface area contributed by atoms with Crippen molar-refractivity contribution in [1.82, 2.24) is 9.80 Å². The van der Waals surface area contributed by atoms with E-state index >= 15 is 0 Å². The van der Waals surface area contributed by atoms with Gasteiger partial charge in [-0.3, -0.25) is 9.59 Å². The average Bonchev–Trinajstić information content (AvgIpc) is 2.73. The van der Waals surface area contributed by atoms with Gasteiger partial charge < -0.3 is 9.80 Å². The molecule has 1 aliphatic heterocycles. The van der Waals surface area contributed by atoms with Crippen LogP contribution in [-0.4, -0.2) is 42.3 Å². The van der Waals surface area contributed by atoms with Crippen LogP contribution in [-0.2, 0) is 16.1 Å². The van der Waals surface area contributed by atoms with Crippen molar-refractivity contribution >= 4 is 23.4 Å². The first-order valence-electron chi connectivity index (χ1n) is 6.32. The van der Waals surface area contributed by atoms with Crippen LogP contribution < -0.4 is 0 Å². The fourth-order valence-corrected chi connectivity index (χ4v) is 2.56. The van der Waals surface area contributed by atoms with Crippen LogP contribution in [0.3, 0.4) is 0 Å². The molecule has 1 fully saturated rings. The highest BCUT2D eigenvalue weighted by Gasteiger charge is 2.33.